The first-order valence-corrected chi connectivity index (χ1v) is 16.6. The molecule has 0 radical (unpaired) electrons. The second-order valence-corrected chi connectivity index (χ2v) is 14.1. The molecular weight excluding hydrogens is 552 g/mol. The molecule has 5 rings (SSSR count). The Kier molecular flexibility index (Phi) is 9.47. The van der Waals surface area contributed by atoms with Crippen LogP contribution in [0.1, 0.15) is 48.4 Å². The van der Waals surface area contributed by atoms with Crippen LogP contribution in [0.5, 0.6) is 11.5 Å². The van der Waals surface area contributed by atoms with Crippen molar-refractivity contribution in [2.24, 2.45) is 5.92 Å². The van der Waals surface area contributed by atoms with Gasteiger partial charge in [0.15, 0.2) is 0 Å². The fourth-order valence-electron chi connectivity index (χ4n) is 5.90. The van der Waals surface area contributed by atoms with E-state index in [0.717, 1.165) is 52.2 Å². The van der Waals surface area contributed by atoms with E-state index >= 15 is 0 Å². The summed E-state index contributed by atoms with van der Waals surface area (Å²) in [5, 5.41) is 0. The lowest BCUT2D eigenvalue weighted by atomic mass is 9.76. The van der Waals surface area contributed by atoms with Gasteiger partial charge in [0.2, 0.25) is 0 Å². The second kappa shape index (κ2) is 13.1. The lowest BCUT2D eigenvalue weighted by molar-refractivity contribution is -0.151. The molecule has 0 amide bonds. The van der Waals surface area contributed by atoms with Gasteiger partial charge in [0.1, 0.15) is 18.1 Å². The van der Waals surface area contributed by atoms with Gasteiger partial charge in [-0.15, -0.1) is 0 Å². The van der Waals surface area contributed by atoms with E-state index in [0.29, 0.717) is 56.9 Å². The molecule has 8 heteroatoms. The van der Waals surface area contributed by atoms with Crippen LogP contribution in [0, 0.1) is 19.8 Å². The largest absolute Gasteiger partial charge is 0.493 e. The van der Waals surface area contributed by atoms with Gasteiger partial charge < -0.3 is 18.9 Å². The quantitative estimate of drug-likeness (QED) is 0.225. The zero-order valence-electron chi connectivity index (χ0n) is 24.8. The van der Waals surface area contributed by atoms with Crippen LogP contribution in [-0.4, -0.2) is 53.0 Å². The molecule has 3 aromatic carbocycles. The Morgan fingerprint density at radius 3 is 2.26 bits per heavy atom. The summed E-state index contributed by atoms with van der Waals surface area (Å²) < 4.78 is 42.6. The number of aryl methyl sites for hydroxylation is 2. The Morgan fingerprint density at radius 1 is 0.952 bits per heavy atom. The summed E-state index contributed by atoms with van der Waals surface area (Å²) in [5.74, 6) is 2.75. The maximum absolute atomic E-state index is 12.1. The van der Waals surface area contributed by atoms with Crippen molar-refractivity contribution >= 4 is 16.6 Å². The molecule has 0 aromatic heterocycles. The molecule has 0 unspecified atom stereocenters. The summed E-state index contributed by atoms with van der Waals surface area (Å²) in [6.07, 6.45) is 1.90. The summed E-state index contributed by atoms with van der Waals surface area (Å²) in [6, 6.07) is 20.5. The molecule has 42 heavy (non-hydrogen) atoms. The summed E-state index contributed by atoms with van der Waals surface area (Å²) in [6.45, 7) is 8.48. The second-order valence-electron chi connectivity index (χ2n) is 11.7. The van der Waals surface area contributed by atoms with E-state index in [2.05, 4.69) is 50.2 Å². The maximum atomic E-state index is 12.1. The van der Waals surface area contributed by atoms with Crippen molar-refractivity contribution in [3.63, 3.8) is 0 Å². The van der Waals surface area contributed by atoms with Crippen LogP contribution in [0.25, 0.3) is 11.1 Å². The third-order valence-corrected chi connectivity index (χ3v) is 10.1. The number of carbonyl (C=O) groups is 1. The van der Waals surface area contributed by atoms with Crippen molar-refractivity contribution in [3.05, 3.63) is 82.9 Å². The third-order valence-electron chi connectivity index (χ3n) is 8.33. The highest BCUT2D eigenvalue weighted by atomic mass is 32.3. The van der Waals surface area contributed by atoms with Crippen molar-refractivity contribution < 1.29 is 32.8 Å². The molecular formula is C34H42O7S. The molecule has 2 N–H and O–H groups in total. The molecule has 7 nitrogen and oxygen atoms in total. The minimum Gasteiger partial charge on any atom is -0.493 e. The van der Waals surface area contributed by atoms with E-state index in [9.17, 15) is 13.9 Å². The monoisotopic (exact) mass is 594 g/mol. The zero-order valence-corrected chi connectivity index (χ0v) is 25.6. The van der Waals surface area contributed by atoms with Crippen LogP contribution in [-0.2, 0) is 26.3 Å². The first-order chi connectivity index (χ1) is 20.2. The van der Waals surface area contributed by atoms with Crippen LogP contribution in [0.4, 0.5) is 0 Å². The van der Waals surface area contributed by atoms with Gasteiger partial charge in [-0.1, -0.05) is 30.3 Å². The van der Waals surface area contributed by atoms with Crippen LogP contribution in [0.3, 0.4) is 0 Å². The van der Waals surface area contributed by atoms with Gasteiger partial charge in [-0.25, -0.2) is 0 Å². The van der Waals surface area contributed by atoms with E-state index in [1.54, 1.807) is 0 Å². The minimum absolute atomic E-state index is 0.197. The van der Waals surface area contributed by atoms with Crippen molar-refractivity contribution in [1.82, 2.24) is 0 Å². The Balaban J connectivity index is 1.20. The average Bonchev–Trinajstić information content (AvgIpc) is 2.94. The van der Waals surface area contributed by atoms with Crippen LogP contribution >= 0.6 is 10.6 Å². The molecule has 2 heterocycles. The molecule has 2 aliphatic rings. The fraction of sp³-hybridized carbons (Fsp3) is 0.441. The van der Waals surface area contributed by atoms with Crippen LogP contribution in [0.2, 0.25) is 0 Å². The van der Waals surface area contributed by atoms with Gasteiger partial charge in [-0.3, -0.25) is 13.9 Å². The number of hydrogen-bond acceptors (Lipinski definition) is 7. The van der Waals surface area contributed by atoms with E-state index in [1.807, 2.05) is 31.2 Å². The first-order valence-electron chi connectivity index (χ1n) is 14.7. The molecule has 0 aliphatic carbocycles. The summed E-state index contributed by atoms with van der Waals surface area (Å²) in [7, 11) is -2.37. The predicted octanol–water partition coefficient (Wildman–Crippen LogP) is 7.31. The number of hydrogen-bond donors (Lipinski definition) is 2. The summed E-state index contributed by atoms with van der Waals surface area (Å²) >= 11 is 0. The van der Waals surface area contributed by atoms with Crippen molar-refractivity contribution in [3.8, 4) is 22.6 Å². The maximum Gasteiger partial charge on any atom is 0.306 e. The molecule has 2 fully saturated rings. The van der Waals surface area contributed by atoms with Gasteiger partial charge in [0.05, 0.1) is 38.3 Å². The Labute approximate surface area is 250 Å². The highest BCUT2D eigenvalue weighted by Gasteiger charge is 2.42. The van der Waals surface area contributed by atoms with E-state index in [1.165, 1.54) is 5.56 Å². The normalized spacial score (nSPS) is 18.5. The molecule has 0 atom stereocenters. The van der Waals surface area contributed by atoms with E-state index in [4.69, 9.17) is 18.9 Å². The zero-order chi connectivity index (χ0) is 29.7. The molecule has 3 aromatic rings. The summed E-state index contributed by atoms with van der Waals surface area (Å²) in [5.41, 5.74) is 6.43. The topological polar surface area (TPSA) is 94.5 Å². The predicted molar refractivity (Wildman–Crippen MR) is 167 cm³/mol. The number of benzene rings is 3. The van der Waals surface area contributed by atoms with Gasteiger partial charge in [0.25, 0.3) is 0 Å². The number of ether oxygens (including phenoxy) is 4. The highest BCUT2D eigenvalue weighted by Crippen LogP contribution is 2.45. The van der Waals surface area contributed by atoms with Gasteiger partial charge in [0, 0.05) is 11.5 Å². The highest BCUT2D eigenvalue weighted by molar-refractivity contribution is 8.24. The minimum atomic E-state index is -2.37. The molecule has 0 spiro atoms. The molecule has 0 saturated carbocycles. The average molecular weight is 595 g/mol. The summed E-state index contributed by atoms with van der Waals surface area (Å²) in [4.78, 5) is 12.1. The first kappa shape index (κ1) is 30.4. The van der Waals surface area contributed by atoms with Crippen molar-refractivity contribution in [2.45, 2.75) is 52.1 Å². The SMILES string of the molecule is CCOC(=O)CC1(c2ccc(OCc3cccc(-c4c(C)cc(OCC5CCS(O)(O)CC5)cc4C)c3)cc2)COC1. The Hall–Kier alpha value is -3.04. The van der Waals surface area contributed by atoms with Gasteiger partial charge in [-0.05, 0) is 103 Å². The standard InChI is InChI=1S/C34H42O7S/c1-4-39-32(35)19-34(22-38-23-34)29-8-10-30(11-9-29)40-21-27-6-5-7-28(18-27)33-24(2)16-31(17-25(33)3)41-20-26-12-14-42(36,37)15-13-26/h5-11,16-18,26,36-37H,4,12-15,19-23H2,1-3H3. The van der Waals surface area contributed by atoms with Crippen LogP contribution in [0.15, 0.2) is 60.7 Å². The molecule has 2 aliphatic heterocycles. The number of carbonyl (C=O) groups excluding carboxylic acids is 1. The lowest BCUT2D eigenvalue weighted by Gasteiger charge is -2.41. The van der Waals surface area contributed by atoms with Crippen LogP contribution < -0.4 is 9.47 Å². The Bertz CT molecular complexity index is 1350. The van der Waals surface area contributed by atoms with Crippen molar-refractivity contribution in [2.75, 3.05) is 37.9 Å². The van der Waals surface area contributed by atoms with Gasteiger partial charge >= 0.3 is 5.97 Å². The lowest BCUT2D eigenvalue weighted by Crippen LogP contribution is -2.48. The fourth-order valence-corrected chi connectivity index (χ4v) is 7.52. The van der Waals surface area contributed by atoms with E-state index in [-0.39, 0.29) is 11.4 Å². The smallest absolute Gasteiger partial charge is 0.306 e. The van der Waals surface area contributed by atoms with E-state index < -0.39 is 10.6 Å². The third kappa shape index (κ3) is 7.29. The molecule has 0 bridgehead atoms. The van der Waals surface area contributed by atoms with Gasteiger partial charge in [-0.2, -0.15) is 10.6 Å². The molecule has 226 valence electrons. The Morgan fingerprint density at radius 2 is 1.64 bits per heavy atom. The number of esters is 1. The molecule has 2 saturated heterocycles. The number of rotatable bonds is 11. The van der Waals surface area contributed by atoms with Crippen molar-refractivity contribution in [1.29, 1.82) is 0 Å².